The molecule has 0 aliphatic rings. The molecular formula is C14H22O. The van der Waals surface area contributed by atoms with Crippen LogP contribution in [0.3, 0.4) is 0 Å². The molecule has 1 heteroatoms. The van der Waals surface area contributed by atoms with Crippen LogP contribution in [0.15, 0.2) is 30.3 Å². The van der Waals surface area contributed by atoms with Gasteiger partial charge in [-0.15, -0.1) is 0 Å². The summed E-state index contributed by atoms with van der Waals surface area (Å²) in [6.07, 6.45) is 3.41. The van der Waals surface area contributed by atoms with Crippen LogP contribution in [-0.4, -0.2) is 11.7 Å². The number of aliphatic hydroxyl groups is 1. The molecule has 0 aliphatic heterocycles. The number of aliphatic hydroxyl groups excluding tert-OH is 1. The van der Waals surface area contributed by atoms with Crippen LogP contribution in [0.5, 0.6) is 0 Å². The Labute approximate surface area is 93.1 Å². The lowest BCUT2D eigenvalue weighted by Crippen LogP contribution is -2.18. The van der Waals surface area contributed by atoms with Crippen LogP contribution in [0, 0.1) is 11.8 Å². The van der Waals surface area contributed by atoms with Crippen LogP contribution in [0.1, 0.15) is 32.3 Å². The van der Waals surface area contributed by atoms with Gasteiger partial charge in [-0.1, -0.05) is 57.0 Å². The van der Waals surface area contributed by atoms with Crippen molar-refractivity contribution in [2.24, 2.45) is 11.8 Å². The third-order valence-corrected chi connectivity index (χ3v) is 3.12. The fourth-order valence-electron chi connectivity index (χ4n) is 2.05. The van der Waals surface area contributed by atoms with Crippen LogP contribution in [0.4, 0.5) is 0 Å². The maximum Gasteiger partial charge on any atom is 0.0464 e. The lowest BCUT2D eigenvalue weighted by molar-refractivity contribution is 0.176. The van der Waals surface area contributed by atoms with E-state index in [1.165, 1.54) is 18.4 Å². The standard InChI is InChI=1S/C14H22O/c1-3-7-12(2)14(11-15)10-13-8-5-4-6-9-13/h4-6,8-9,12,14-15H,3,7,10-11H2,1-2H3/t12?,14-/m0/s1. The topological polar surface area (TPSA) is 20.2 Å². The predicted octanol–water partition coefficient (Wildman–Crippen LogP) is 3.27. The molecule has 15 heavy (non-hydrogen) atoms. The van der Waals surface area contributed by atoms with Crippen molar-refractivity contribution in [1.29, 1.82) is 0 Å². The molecule has 84 valence electrons. The third kappa shape index (κ3) is 4.05. The largest absolute Gasteiger partial charge is 0.396 e. The lowest BCUT2D eigenvalue weighted by atomic mass is 9.86. The van der Waals surface area contributed by atoms with E-state index in [1.807, 2.05) is 6.07 Å². The molecule has 1 N–H and O–H groups in total. The molecule has 1 nitrogen and oxygen atoms in total. The smallest absolute Gasteiger partial charge is 0.0464 e. The molecule has 0 aliphatic carbocycles. The van der Waals surface area contributed by atoms with Gasteiger partial charge in [-0.25, -0.2) is 0 Å². The quantitative estimate of drug-likeness (QED) is 0.757. The molecule has 0 saturated heterocycles. The van der Waals surface area contributed by atoms with E-state index in [-0.39, 0.29) is 0 Å². The van der Waals surface area contributed by atoms with Crippen molar-refractivity contribution >= 4 is 0 Å². The van der Waals surface area contributed by atoms with Crippen molar-refractivity contribution in [3.8, 4) is 0 Å². The molecule has 1 aromatic rings. The van der Waals surface area contributed by atoms with Crippen molar-refractivity contribution in [1.82, 2.24) is 0 Å². The fourth-order valence-corrected chi connectivity index (χ4v) is 2.05. The van der Waals surface area contributed by atoms with Gasteiger partial charge in [0, 0.05) is 6.61 Å². The minimum atomic E-state index is 0.302. The summed E-state index contributed by atoms with van der Waals surface area (Å²) in [6.45, 7) is 4.75. The highest BCUT2D eigenvalue weighted by Gasteiger charge is 2.15. The van der Waals surface area contributed by atoms with Gasteiger partial charge in [0.15, 0.2) is 0 Å². The number of rotatable bonds is 6. The first-order valence-corrected chi connectivity index (χ1v) is 5.92. The third-order valence-electron chi connectivity index (χ3n) is 3.12. The zero-order valence-corrected chi connectivity index (χ0v) is 9.82. The summed E-state index contributed by atoms with van der Waals surface area (Å²) in [7, 11) is 0. The van der Waals surface area contributed by atoms with Crippen molar-refractivity contribution in [3.05, 3.63) is 35.9 Å². The van der Waals surface area contributed by atoms with Crippen LogP contribution in [0.25, 0.3) is 0 Å². The molecule has 0 bridgehead atoms. The van der Waals surface area contributed by atoms with Gasteiger partial charge in [0.2, 0.25) is 0 Å². The fraction of sp³-hybridized carbons (Fsp3) is 0.571. The molecule has 0 heterocycles. The first kappa shape index (κ1) is 12.3. The Bertz CT molecular complexity index is 255. The Hall–Kier alpha value is -0.820. The molecule has 1 unspecified atom stereocenters. The average molecular weight is 206 g/mol. The normalized spacial score (nSPS) is 14.9. The summed E-state index contributed by atoms with van der Waals surface area (Å²) in [5.41, 5.74) is 1.33. The van der Waals surface area contributed by atoms with Crippen molar-refractivity contribution in [3.63, 3.8) is 0 Å². The molecule has 0 aromatic heterocycles. The highest BCUT2D eigenvalue weighted by Crippen LogP contribution is 2.21. The average Bonchev–Trinajstić information content (AvgIpc) is 2.27. The summed E-state index contributed by atoms with van der Waals surface area (Å²) in [5, 5.41) is 9.38. The van der Waals surface area contributed by atoms with Gasteiger partial charge in [0.05, 0.1) is 0 Å². The molecule has 0 saturated carbocycles. The van der Waals surface area contributed by atoms with Crippen LogP contribution in [0.2, 0.25) is 0 Å². The second-order valence-corrected chi connectivity index (χ2v) is 4.40. The monoisotopic (exact) mass is 206 g/mol. The number of benzene rings is 1. The minimum absolute atomic E-state index is 0.302. The molecular weight excluding hydrogens is 184 g/mol. The molecule has 0 spiro atoms. The van der Waals surface area contributed by atoms with E-state index in [4.69, 9.17) is 0 Å². The first-order chi connectivity index (χ1) is 7.27. The highest BCUT2D eigenvalue weighted by molar-refractivity contribution is 5.15. The van der Waals surface area contributed by atoms with E-state index in [0.29, 0.717) is 18.4 Å². The summed E-state index contributed by atoms with van der Waals surface area (Å²) >= 11 is 0. The van der Waals surface area contributed by atoms with Crippen molar-refractivity contribution in [2.45, 2.75) is 33.1 Å². The van der Waals surface area contributed by atoms with E-state index >= 15 is 0 Å². The SMILES string of the molecule is CCCC(C)[C@H](CO)Cc1ccccc1. The number of hydrogen-bond acceptors (Lipinski definition) is 1. The molecule has 2 atom stereocenters. The molecule has 0 amide bonds. The second-order valence-electron chi connectivity index (χ2n) is 4.40. The van der Waals surface area contributed by atoms with Crippen LogP contribution in [-0.2, 0) is 6.42 Å². The zero-order chi connectivity index (χ0) is 11.1. The predicted molar refractivity (Wildman–Crippen MR) is 64.8 cm³/mol. The Morgan fingerprint density at radius 3 is 2.40 bits per heavy atom. The number of hydrogen-bond donors (Lipinski definition) is 1. The Balaban J connectivity index is 2.53. The zero-order valence-electron chi connectivity index (χ0n) is 9.82. The molecule has 0 radical (unpaired) electrons. The van der Waals surface area contributed by atoms with Gasteiger partial charge in [-0.05, 0) is 23.8 Å². The Morgan fingerprint density at radius 2 is 1.87 bits per heavy atom. The second kappa shape index (κ2) is 6.62. The van der Waals surface area contributed by atoms with E-state index in [1.54, 1.807) is 0 Å². The molecule has 1 aromatic carbocycles. The van der Waals surface area contributed by atoms with Gasteiger partial charge in [0.1, 0.15) is 0 Å². The van der Waals surface area contributed by atoms with E-state index in [9.17, 15) is 5.11 Å². The van der Waals surface area contributed by atoms with Gasteiger partial charge in [-0.2, -0.15) is 0 Å². The summed E-state index contributed by atoms with van der Waals surface area (Å²) in [6, 6.07) is 10.4. The summed E-state index contributed by atoms with van der Waals surface area (Å²) in [5.74, 6) is 1.02. The first-order valence-electron chi connectivity index (χ1n) is 5.92. The Morgan fingerprint density at radius 1 is 1.20 bits per heavy atom. The van der Waals surface area contributed by atoms with E-state index in [0.717, 1.165) is 6.42 Å². The summed E-state index contributed by atoms with van der Waals surface area (Å²) in [4.78, 5) is 0. The van der Waals surface area contributed by atoms with Gasteiger partial charge in [0.25, 0.3) is 0 Å². The van der Waals surface area contributed by atoms with Crippen LogP contribution < -0.4 is 0 Å². The van der Waals surface area contributed by atoms with Crippen molar-refractivity contribution in [2.75, 3.05) is 6.61 Å². The van der Waals surface area contributed by atoms with Crippen LogP contribution >= 0.6 is 0 Å². The van der Waals surface area contributed by atoms with E-state index in [2.05, 4.69) is 38.1 Å². The highest BCUT2D eigenvalue weighted by atomic mass is 16.3. The van der Waals surface area contributed by atoms with Gasteiger partial charge < -0.3 is 5.11 Å². The molecule has 0 fully saturated rings. The maximum absolute atomic E-state index is 9.38. The molecule has 1 rings (SSSR count). The van der Waals surface area contributed by atoms with Crippen molar-refractivity contribution < 1.29 is 5.11 Å². The maximum atomic E-state index is 9.38. The lowest BCUT2D eigenvalue weighted by Gasteiger charge is -2.21. The Kier molecular flexibility index (Phi) is 5.41. The van der Waals surface area contributed by atoms with Gasteiger partial charge in [-0.3, -0.25) is 0 Å². The summed E-state index contributed by atoms with van der Waals surface area (Å²) < 4.78 is 0. The van der Waals surface area contributed by atoms with Gasteiger partial charge >= 0.3 is 0 Å². The minimum Gasteiger partial charge on any atom is -0.396 e. The van der Waals surface area contributed by atoms with E-state index < -0.39 is 0 Å².